The van der Waals surface area contributed by atoms with E-state index in [1.165, 1.54) is 19.3 Å². The van der Waals surface area contributed by atoms with Gasteiger partial charge >= 0.3 is 0 Å². The first-order valence-electron chi connectivity index (χ1n) is 8.39. The van der Waals surface area contributed by atoms with Crippen LogP contribution in [0.5, 0.6) is 0 Å². The third kappa shape index (κ3) is 2.26. The average molecular weight is 314 g/mol. The lowest BCUT2D eigenvalue weighted by Gasteiger charge is -2.42. The molecule has 1 amide bonds. The van der Waals surface area contributed by atoms with Gasteiger partial charge in [-0.2, -0.15) is 5.10 Å². The molecule has 122 valence electrons. The van der Waals surface area contributed by atoms with E-state index in [0.717, 1.165) is 31.9 Å². The molecule has 1 N–H and O–H groups in total. The van der Waals surface area contributed by atoms with E-state index in [2.05, 4.69) is 31.9 Å². The number of aromatic amines is 1. The predicted molar refractivity (Wildman–Crippen MR) is 83.8 cm³/mol. The molecule has 2 aromatic rings. The normalized spacial score (nSPS) is 22.5. The zero-order chi connectivity index (χ0) is 15.9. The SMILES string of the molecule is CCCn1cnnc1C1CN(C(=O)c2cn[nH]c2)CC12CCC2. The number of rotatable bonds is 4. The largest absolute Gasteiger partial charge is 0.337 e. The Morgan fingerprint density at radius 1 is 1.48 bits per heavy atom. The first kappa shape index (κ1) is 14.4. The fourth-order valence-electron chi connectivity index (χ4n) is 4.11. The summed E-state index contributed by atoms with van der Waals surface area (Å²) in [5, 5.41) is 15.1. The molecule has 0 radical (unpaired) electrons. The van der Waals surface area contributed by atoms with E-state index < -0.39 is 0 Å². The maximum atomic E-state index is 12.7. The summed E-state index contributed by atoms with van der Waals surface area (Å²) in [7, 11) is 0. The number of hydrogen-bond acceptors (Lipinski definition) is 4. The Balaban J connectivity index is 1.62. The highest BCUT2D eigenvalue weighted by Gasteiger charge is 2.53. The molecule has 23 heavy (non-hydrogen) atoms. The molecular weight excluding hydrogens is 292 g/mol. The lowest BCUT2D eigenvalue weighted by molar-refractivity contribution is 0.0723. The molecule has 1 aliphatic heterocycles. The summed E-state index contributed by atoms with van der Waals surface area (Å²) in [6.07, 6.45) is 9.74. The highest BCUT2D eigenvalue weighted by atomic mass is 16.2. The van der Waals surface area contributed by atoms with Gasteiger partial charge in [0.25, 0.3) is 5.91 Å². The topological polar surface area (TPSA) is 79.7 Å². The van der Waals surface area contributed by atoms with E-state index in [1.807, 2.05) is 11.2 Å². The quantitative estimate of drug-likeness (QED) is 0.933. The number of carbonyl (C=O) groups is 1. The Labute approximate surface area is 135 Å². The van der Waals surface area contributed by atoms with Crippen molar-refractivity contribution in [2.24, 2.45) is 5.41 Å². The van der Waals surface area contributed by atoms with Crippen molar-refractivity contribution >= 4 is 5.91 Å². The van der Waals surface area contributed by atoms with Crippen molar-refractivity contribution in [1.82, 2.24) is 29.9 Å². The molecule has 3 heterocycles. The van der Waals surface area contributed by atoms with Crippen LogP contribution < -0.4 is 0 Å². The highest BCUT2D eigenvalue weighted by molar-refractivity contribution is 5.94. The molecule has 1 atom stereocenters. The number of aryl methyl sites for hydroxylation is 1. The second kappa shape index (κ2) is 5.47. The Kier molecular flexibility index (Phi) is 3.43. The highest BCUT2D eigenvalue weighted by Crippen LogP contribution is 2.55. The Bertz CT molecular complexity index is 687. The first-order valence-corrected chi connectivity index (χ1v) is 8.39. The fraction of sp³-hybridized carbons (Fsp3) is 0.625. The summed E-state index contributed by atoms with van der Waals surface area (Å²) < 4.78 is 2.16. The predicted octanol–water partition coefficient (Wildman–Crippen LogP) is 1.82. The second-order valence-electron chi connectivity index (χ2n) is 6.82. The van der Waals surface area contributed by atoms with E-state index in [1.54, 1.807) is 12.4 Å². The van der Waals surface area contributed by atoms with Crippen LogP contribution in [-0.2, 0) is 6.54 Å². The summed E-state index contributed by atoms with van der Waals surface area (Å²) in [6.45, 7) is 4.64. The van der Waals surface area contributed by atoms with Crippen molar-refractivity contribution in [3.8, 4) is 0 Å². The Hall–Kier alpha value is -2.18. The number of H-pyrrole nitrogens is 1. The molecule has 1 spiro atoms. The fourth-order valence-corrected chi connectivity index (χ4v) is 4.11. The molecule has 1 aliphatic carbocycles. The van der Waals surface area contributed by atoms with Crippen LogP contribution >= 0.6 is 0 Å². The van der Waals surface area contributed by atoms with Crippen molar-refractivity contribution in [2.75, 3.05) is 13.1 Å². The molecule has 2 fully saturated rings. The minimum Gasteiger partial charge on any atom is -0.337 e. The van der Waals surface area contributed by atoms with Gasteiger partial charge in [-0.25, -0.2) is 0 Å². The van der Waals surface area contributed by atoms with Gasteiger partial charge in [-0.3, -0.25) is 9.89 Å². The van der Waals surface area contributed by atoms with Crippen LogP contribution in [-0.4, -0.2) is 48.9 Å². The minimum atomic E-state index is 0.0640. The lowest BCUT2D eigenvalue weighted by Crippen LogP contribution is -2.38. The number of amides is 1. The molecule has 7 nitrogen and oxygen atoms in total. The zero-order valence-electron chi connectivity index (χ0n) is 13.4. The molecule has 2 aliphatic rings. The first-order chi connectivity index (χ1) is 11.2. The third-order valence-corrected chi connectivity index (χ3v) is 5.45. The van der Waals surface area contributed by atoms with Gasteiger partial charge < -0.3 is 9.47 Å². The monoisotopic (exact) mass is 314 g/mol. The molecule has 2 aromatic heterocycles. The summed E-state index contributed by atoms with van der Waals surface area (Å²) in [5.74, 6) is 1.41. The van der Waals surface area contributed by atoms with Gasteiger partial charge in [0, 0.05) is 31.7 Å². The van der Waals surface area contributed by atoms with Crippen molar-refractivity contribution in [3.63, 3.8) is 0 Å². The van der Waals surface area contributed by atoms with Crippen molar-refractivity contribution in [3.05, 3.63) is 30.1 Å². The lowest BCUT2D eigenvalue weighted by atomic mass is 9.62. The van der Waals surface area contributed by atoms with Gasteiger partial charge in [-0.05, 0) is 24.7 Å². The minimum absolute atomic E-state index is 0.0640. The van der Waals surface area contributed by atoms with Crippen LogP contribution in [0.15, 0.2) is 18.7 Å². The van der Waals surface area contributed by atoms with E-state index in [9.17, 15) is 4.79 Å². The van der Waals surface area contributed by atoms with Crippen LogP contribution in [0.1, 0.15) is 54.7 Å². The van der Waals surface area contributed by atoms with Crippen LogP contribution in [0.4, 0.5) is 0 Å². The molecule has 0 bridgehead atoms. The van der Waals surface area contributed by atoms with E-state index >= 15 is 0 Å². The van der Waals surface area contributed by atoms with Crippen molar-refractivity contribution < 1.29 is 4.79 Å². The van der Waals surface area contributed by atoms with E-state index in [0.29, 0.717) is 11.5 Å². The molecule has 4 rings (SSSR count). The second-order valence-corrected chi connectivity index (χ2v) is 6.82. The maximum Gasteiger partial charge on any atom is 0.257 e. The molecule has 1 saturated heterocycles. The number of nitrogens with zero attached hydrogens (tertiary/aromatic N) is 5. The van der Waals surface area contributed by atoms with Crippen LogP contribution in [0.3, 0.4) is 0 Å². The molecule has 0 aromatic carbocycles. The van der Waals surface area contributed by atoms with Gasteiger partial charge in [-0.1, -0.05) is 13.3 Å². The Morgan fingerprint density at radius 2 is 2.35 bits per heavy atom. The number of aromatic nitrogens is 5. The average Bonchev–Trinajstić information content (AvgIpc) is 3.24. The maximum absolute atomic E-state index is 12.7. The standard InChI is InChI=1S/C16H22N6O/c1-2-6-21-11-19-20-14(21)13-9-22(10-16(13)4-3-5-16)15(23)12-7-17-18-8-12/h7-8,11,13H,2-6,9-10H2,1H3,(H,17,18). The Morgan fingerprint density at radius 3 is 3.00 bits per heavy atom. The molecule has 1 saturated carbocycles. The third-order valence-electron chi connectivity index (χ3n) is 5.45. The number of nitrogens with one attached hydrogen (secondary N) is 1. The molecule has 7 heteroatoms. The zero-order valence-corrected chi connectivity index (χ0v) is 13.4. The number of hydrogen-bond donors (Lipinski definition) is 1. The summed E-state index contributed by atoms with van der Waals surface area (Å²) in [5.41, 5.74) is 0.827. The van der Waals surface area contributed by atoms with Crippen LogP contribution in [0.25, 0.3) is 0 Å². The molecule has 1 unspecified atom stereocenters. The van der Waals surface area contributed by atoms with Crippen LogP contribution in [0.2, 0.25) is 0 Å². The van der Waals surface area contributed by atoms with Crippen molar-refractivity contribution in [1.29, 1.82) is 0 Å². The van der Waals surface area contributed by atoms with E-state index in [4.69, 9.17) is 0 Å². The summed E-state index contributed by atoms with van der Waals surface area (Å²) in [4.78, 5) is 14.7. The summed E-state index contributed by atoms with van der Waals surface area (Å²) in [6, 6.07) is 0. The van der Waals surface area contributed by atoms with Gasteiger partial charge in [0.05, 0.1) is 11.8 Å². The number of likely N-dealkylation sites (tertiary alicyclic amines) is 1. The van der Waals surface area contributed by atoms with Crippen LogP contribution in [0, 0.1) is 5.41 Å². The van der Waals surface area contributed by atoms with Gasteiger partial charge in [-0.15, -0.1) is 10.2 Å². The van der Waals surface area contributed by atoms with Crippen molar-refractivity contribution in [2.45, 2.75) is 45.1 Å². The smallest absolute Gasteiger partial charge is 0.257 e. The van der Waals surface area contributed by atoms with Gasteiger partial charge in [0.1, 0.15) is 12.2 Å². The number of carbonyl (C=O) groups excluding carboxylic acids is 1. The molecular formula is C16H22N6O. The van der Waals surface area contributed by atoms with Gasteiger partial charge in [0.2, 0.25) is 0 Å². The van der Waals surface area contributed by atoms with E-state index in [-0.39, 0.29) is 11.3 Å². The summed E-state index contributed by atoms with van der Waals surface area (Å²) >= 11 is 0. The van der Waals surface area contributed by atoms with Gasteiger partial charge in [0.15, 0.2) is 0 Å².